The highest BCUT2D eigenvalue weighted by molar-refractivity contribution is 6.13. The van der Waals surface area contributed by atoms with Gasteiger partial charge in [-0.25, -0.2) is 4.79 Å². The van der Waals surface area contributed by atoms with E-state index in [0.717, 1.165) is 44.3 Å². The number of nitrogens with zero attached hydrogens (tertiary/aromatic N) is 1. The maximum Gasteiger partial charge on any atom is 0.340 e. The Hall–Kier alpha value is -2.83. The number of carbonyl (C=O) groups excluding carboxylic acids is 3. The van der Waals surface area contributed by atoms with E-state index >= 15 is 0 Å². The van der Waals surface area contributed by atoms with Crippen molar-refractivity contribution in [3.8, 4) is 0 Å². The average Bonchev–Trinajstić information content (AvgIpc) is 3.41. The van der Waals surface area contributed by atoms with E-state index in [0.29, 0.717) is 29.6 Å². The standard InChI is InChI=1S/C28H35NO6/c1-6-20-28(5)22(17(26(33)35-20)14-29-11-7-8-12-29)25(32)24(31)21-18-10-9-15(2)27(18,4)13-19(23(21)28)34-16(3)30/h14,18-20,32H,2,6-13H2,1,3-5H3/b17-14+/t18-,19+,20+,27?,28?/m0/s1. The van der Waals surface area contributed by atoms with Crippen LogP contribution in [0.2, 0.25) is 0 Å². The second-order valence-electron chi connectivity index (χ2n) is 11.1. The lowest BCUT2D eigenvalue weighted by Crippen LogP contribution is -2.55. The summed E-state index contributed by atoms with van der Waals surface area (Å²) >= 11 is 0. The Morgan fingerprint density at radius 2 is 1.97 bits per heavy atom. The normalized spacial score (nSPS) is 37.9. The molecule has 2 saturated heterocycles. The van der Waals surface area contributed by atoms with Crippen LogP contribution in [0.1, 0.15) is 66.2 Å². The molecule has 2 unspecified atom stereocenters. The smallest absolute Gasteiger partial charge is 0.340 e. The largest absolute Gasteiger partial charge is 0.504 e. The number of allylic oxidation sites excluding steroid dienone is 2. The van der Waals surface area contributed by atoms with E-state index in [-0.39, 0.29) is 17.3 Å². The maximum absolute atomic E-state index is 13.9. The summed E-state index contributed by atoms with van der Waals surface area (Å²) in [6.07, 6.45) is 5.04. The molecule has 0 bridgehead atoms. The van der Waals surface area contributed by atoms with Gasteiger partial charge in [0.05, 0.1) is 11.0 Å². The van der Waals surface area contributed by atoms with Crippen molar-refractivity contribution in [1.82, 2.24) is 4.90 Å². The summed E-state index contributed by atoms with van der Waals surface area (Å²) in [5.41, 5.74) is 1.38. The minimum atomic E-state index is -0.993. The summed E-state index contributed by atoms with van der Waals surface area (Å²) in [5.74, 6) is -1.94. The van der Waals surface area contributed by atoms with Gasteiger partial charge in [-0.3, -0.25) is 9.59 Å². The first kappa shape index (κ1) is 23.9. The molecule has 0 radical (unpaired) electrons. The minimum absolute atomic E-state index is 0.133. The molecule has 1 saturated carbocycles. The molecule has 2 aliphatic heterocycles. The van der Waals surface area contributed by atoms with Crippen molar-refractivity contribution in [2.45, 2.75) is 78.4 Å². The van der Waals surface area contributed by atoms with Crippen LogP contribution in [0.5, 0.6) is 0 Å². The maximum atomic E-state index is 13.9. The number of aliphatic hydroxyl groups excluding tert-OH is 1. The van der Waals surface area contributed by atoms with Gasteiger partial charge in [-0.05, 0) is 62.4 Å². The molecule has 1 N–H and O–H groups in total. The zero-order chi connectivity index (χ0) is 25.3. The Morgan fingerprint density at radius 1 is 1.29 bits per heavy atom. The number of fused-ring (bicyclic) bond motifs is 4. The van der Waals surface area contributed by atoms with E-state index in [9.17, 15) is 19.5 Å². The highest BCUT2D eigenvalue weighted by Crippen LogP contribution is 2.64. The van der Waals surface area contributed by atoms with Gasteiger partial charge in [-0.15, -0.1) is 0 Å². The number of hydrogen-bond donors (Lipinski definition) is 1. The van der Waals surface area contributed by atoms with Crippen LogP contribution < -0.4 is 0 Å². The quantitative estimate of drug-likeness (QED) is 0.365. The molecule has 5 aliphatic rings. The molecule has 2 heterocycles. The zero-order valence-electron chi connectivity index (χ0n) is 21.1. The summed E-state index contributed by atoms with van der Waals surface area (Å²) in [6.45, 7) is 13.2. The fourth-order valence-electron chi connectivity index (χ4n) is 7.40. The summed E-state index contributed by atoms with van der Waals surface area (Å²) in [7, 11) is 0. The van der Waals surface area contributed by atoms with Crippen LogP contribution in [0.4, 0.5) is 0 Å². The minimum Gasteiger partial charge on any atom is -0.504 e. The highest BCUT2D eigenvalue weighted by Gasteiger charge is 2.63. The van der Waals surface area contributed by atoms with E-state index in [1.807, 2.05) is 18.7 Å². The Labute approximate surface area is 206 Å². The van der Waals surface area contributed by atoms with Gasteiger partial charge >= 0.3 is 11.9 Å². The Morgan fingerprint density at radius 3 is 2.60 bits per heavy atom. The second kappa shape index (κ2) is 8.10. The van der Waals surface area contributed by atoms with Crippen LogP contribution in [-0.2, 0) is 23.9 Å². The van der Waals surface area contributed by atoms with Gasteiger partial charge in [0.1, 0.15) is 12.2 Å². The zero-order valence-corrected chi connectivity index (χ0v) is 21.1. The van der Waals surface area contributed by atoms with Gasteiger partial charge in [0, 0.05) is 37.4 Å². The molecule has 5 rings (SSSR count). The van der Waals surface area contributed by atoms with Crippen LogP contribution in [-0.4, -0.2) is 53.0 Å². The third kappa shape index (κ3) is 3.26. The van der Waals surface area contributed by atoms with Crippen LogP contribution in [0, 0.1) is 16.7 Å². The molecule has 188 valence electrons. The number of ether oxygens (including phenoxy) is 2. The molecule has 3 fully saturated rings. The Bertz CT molecular complexity index is 1120. The molecule has 0 amide bonds. The number of Topliss-reactive ketones (excluding diaryl/α,β-unsaturated/α-hetero) is 1. The van der Waals surface area contributed by atoms with E-state index in [4.69, 9.17) is 9.47 Å². The lowest BCUT2D eigenvalue weighted by Gasteiger charge is -2.54. The molecule has 0 aromatic carbocycles. The first-order valence-corrected chi connectivity index (χ1v) is 12.8. The molecule has 0 aromatic rings. The number of likely N-dealkylation sites (tertiary alicyclic amines) is 1. The highest BCUT2D eigenvalue weighted by atomic mass is 16.6. The summed E-state index contributed by atoms with van der Waals surface area (Å²) in [5, 5.41) is 11.5. The number of hydrogen-bond acceptors (Lipinski definition) is 7. The van der Waals surface area contributed by atoms with Gasteiger partial charge in [0.2, 0.25) is 5.78 Å². The lowest BCUT2D eigenvalue weighted by molar-refractivity contribution is -0.156. The van der Waals surface area contributed by atoms with Crippen molar-refractivity contribution < 1.29 is 29.0 Å². The summed E-state index contributed by atoms with van der Waals surface area (Å²) < 4.78 is 11.9. The number of rotatable bonds is 3. The molecule has 7 heteroatoms. The third-order valence-corrected chi connectivity index (χ3v) is 9.17. The third-order valence-electron chi connectivity index (χ3n) is 9.17. The first-order valence-electron chi connectivity index (χ1n) is 12.8. The van der Waals surface area contributed by atoms with Gasteiger partial charge in [-0.2, -0.15) is 0 Å². The van der Waals surface area contributed by atoms with Gasteiger partial charge in [-0.1, -0.05) is 26.0 Å². The van der Waals surface area contributed by atoms with E-state index in [2.05, 4.69) is 13.5 Å². The summed E-state index contributed by atoms with van der Waals surface area (Å²) in [4.78, 5) is 41.4. The Kier molecular flexibility index (Phi) is 5.53. The van der Waals surface area contributed by atoms with Gasteiger partial charge in [0.25, 0.3) is 0 Å². The average molecular weight is 482 g/mol. The molecule has 5 atom stereocenters. The molecule has 35 heavy (non-hydrogen) atoms. The first-order chi connectivity index (χ1) is 16.5. The fraction of sp³-hybridized carbons (Fsp3) is 0.607. The van der Waals surface area contributed by atoms with Crippen molar-refractivity contribution in [3.63, 3.8) is 0 Å². The van der Waals surface area contributed by atoms with Crippen LogP contribution in [0.15, 0.2) is 46.4 Å². The predicted octanol–water partition coefficient (Wildman–Crippen LogP) is 4.31. The number of cyclic esters (lactones) is 1. The lowest BCUT2D eigenvalue weighted by atomic mass is 9.53. The van der Waals surface area contributed by atoms with Crippen molar-refractivity contribution >= 4 is 17.7 Å². The molecule has 0 aromatic heterocycles. The number of esters is 2. The van der Waals surface area contributed by atoms with Crippen LogP contribution in [0.3, 0.4) is 0 Å². The van der Waals surface area contributed by atoms with E-state index in [1.165, 1.54) is 6.92 Å². The SMILES string of the molecule is C=C1CC[C@H]2C3=C([C@H](OC(C)=O)CC12C)C1(C)C(=C(O)C3=O)/C(=C\N2CCCC2)C(=O)O[C@@H]1CC. The van der Waals surface area contributed by atoms with E-state index < -0.39 is 40.8 Å². The molecule has 3 aliphatic carbocycles. The van der Waals surface area contributed by atoms with Gasteiger partial charge in [0.15, 0.2) is 5.76 Å². The number of carbonyl (C=O) groups is 3. The fourth-order valence-corrected chi connectivity index (χ4v) is 7.40. The summed E-state index contributed by atoms with van der Waals surface area (Å²) in [6, 6.07) is 0. The van der Waals surface area contributed by atoms with Crippen molar-refractivity contribution in [3.05, 3.63) is 46.4 Å². The van der Waals surface area contributed by atoms with Crippen molar-refractivity contribution in [1.29, 1.82) is 0 Å². The van der Waals surface area contributed by atoms with Gasteiger partial charge < -0.3 is 19.5 Å². The molecular weight excluding hydrogens is 446 g/mol. The molecule has 0 spiro atoms. The topological polar surface area (TPSA) is 93.1 Å². The predicted molar refractivity (Wildman–Crippen MR) is 129 cm³/mol. The Balaban J connectivity index is 1.76. The molecular formula is C28H35NO6. The van der Waals surface area contributed by atoms with E-state index in [1.54, 1.807) is 6.20 Å². The number of aliphatic hydroxyl groups is 1. The monoisotopic (exact) mass is 481 g/mol. The second-order valence-corrected chi connectivity index (χ2v) is 11.1. The van der Waals surface area contributed by atoms with Crippen LogP contribution in [0.25, 0.3) is 0 Å². The number of ketones is 1. The van der Waals surface area contributed by atoms with Crippen molar-refractivity contribution in [2.75, 3.05) is 13.1 Å². The van der Waals surface area contributed by atoms with Crippen molar-refractivity contribution in [2.24, 2.45) is 16.7 Å². The molecule has 7 nitrogen and oxygen atoms in total. The van der Waals surface area contributed by atoms with Crippen LogP contribution >= 0.6 is 0 Å².